The second-order valence-corrected chi connectivity index (χ2v) is 10.6. The standard InChI is InChI=1S/C16H13ClN4O7S3/c1-8-2-4-9(5-3-8)18-14(22)10-6-13(12(29)7-11(10)17)30(25,26)21-16(24)19-15(23)20-31(21,27)28/h2-7,29H,1H3,(H,18,22)(H2,19,20,23,24). The van der Waals surface area contributed by atoms with Crippen molar-refractivity contribution in [3.8, 4) is 0 Å². The van der Waals surface area contributed by atoms with E-state index < -0.39 is 46.8 Å². The Balaban J connectivity index is 2.06. The second-order valence-electron chi connectivity index (χ2n) is 6.19. The van der Waals surface area contributed by atoms with Gasteiger partial charge in [-0.3, -0.25) is 10.1 Å². The lowest BCUT2D eigenvalue weighted by Gasteiger charge is -2.26. The van der Waals surface area contributed by atoms with E-state index in [9.17, 15) is 31.2 Å². The number of sulfonamides is 1. The number of hydrogen-bond acceptors (Lipinski definition) is 8. The Morgan fingerprint density at radius 1 is 1.16 bits per heavy atom. The number of thiol groups is 1. The second kappa shape index (κ2) is 8.03. The van der Waals surface area contributed by atoms with Gasteiger partial charge in [0.25, 0.3) is 15.9 Å². The van der Waals surface area contributed by atoms with Gasteiger partial charge in [-0.1, -0.05) is 33.0 Å². The molecule has 1 fully saturated rings. The lowest BCUT2D eigenvalue weighted by atomic mass is 10.2. The fourth-order valence-electron chi connectivity index (χ4n) is 2.52. The van der Waals surface area contributed by atoms with E-state index in [-0.39, 0.29) is 15.5 Å². The minimum Gasteiger partial charge on any atom is -0.322 e. The predicted octanol–water partition coefficient (Wildman–Crippen LogP) is 1.86. The van der Waals surface area contributed by atoms with E-state index in [2.05, 4.69) is 17.9 Å². The topological polar surface area (TPSA) is 159 Å². The highest BCUT2D eigenvalue weighted by atomic mass is 35.5. The van der Waals surface area contributed by atoms with Gasteiger partial charge in [0, 0.05) is 10.6 Å². The molecule has 1 saturated heterocycles. The van der Waals surface area contributed by atoms with Crippen molar-refractivity contribution >= 4 is 68.1 Å². The molecule has 0 spiro atoms. The predicted molar refractivity (Wildman–Crippen MR) is 113 cm³/mol. The zero-order chi connectivity index (χ0) is 23.1. The first-order valence-corrected chi connectivity index (χ1v) is 11.9. The summed E-state index contributed by atoms with van der Waals surface area (Å²) in [4.78, 5) is 34.7. The molecule has 1 heterocycles. The van der Waals surface area contributed by atoms with Crippen molar-refractivity contribution in [2.24, 2.45) is 0 Å². The van der Waals surface area contributed by atoms with E-state index in [1.165, 1.54) is 10.0 Å². The van der Waals surface area contributed by atoms with Crippen LogP contribution in [0.5, 0.6) is 0 Å². The Morgan fingerprint density at radius 3 is 2.35 bits per heavy atom. The maximum absolute atomic E-state index is 12.9. The van der Waals surface area contributed by atoms with E-state index in [1.54, 1.807) is 24.3 Å². The minimum absolute atomic E-state index is 0.173. The SMILES string of the molecule is Cc1ccc(NC(=O)c2cc(S(=O)(=O)N3C(=O)NC(=O)NS3(=O)=O)c(S)cc2Cl)cc1. The van der Waals surface area contributed by atoms with Gasteiger partial charge in [0.2, 0.25) is 0 Å². The molecule has 0 atom stereocenters. The van der Waals surface area contributed by atoms with Crippen molar-refractivity contribution in [1.82, 2.24) is 13.7 Å². The van der Waals surface area contributed by atoms with Crippen molar-refractivity contribution in [3.05, 3.63) is 52.5 Å². The number of hydrogen-bond donors (Lipinski definition) is 4. The Bertz CT molecular complexity index is 1330. The van der Waals surface area contributed by atoms with Gasteiger partial charge in [-0.15, -0.1) is 12.6 Å². The molecule has 31 heavy (non-hydrogen) atoms. The highest BCUT2D eigenvalue weighted by Crippen LogP contribution is 2.31. The van der Waals surface area contributed by atoms with Crippen LogP contribution in [0.25, 0.3) is 0 Å². The molecule has 3 N–H and O–H groups in total. The average Bonchev–Trinajstić information content (AvgIpc) is 2.61. The number of nitrogens with one attached hydrogen (secondary N) is 3. The molecule has 0 radical (unpaired) electrons. The van der Waals surface area contributed by atoms with Crippen molar-refractivity contribution in [2.45, 2.75) is 16.7 Å². The molecule has 2 aromatic rings. The Hall–Kier alpha value is -2.81. The van der Waals surface area contributed by atoms with Gasteiger partial charge in [-0.05, 0) is 31.2 Å². The van der Waals surface area contributed by atoms with Crippen LogP contribution in [0.4, 0.5) is 15.3 Å². The first-order chi connectivity index (χ1) is 14.3. The number of amides is 5. The maximum Gasteiger partial charge on any atom is 0.355 e. The summed E-state index contributed by atoms with van der Waals surface area (Å²) in [6, 6.07) is 5.33. The van der Waals surface area contributed by atoms with Crippen LogP contribution in [0, 0.1) is 6.92 Å². The van der Waals surface area contributed by atoms with Gasteiger partial charge in [-0.25, -0.2) is 14.3 Å². The molecular formula is C16H13ClN4O7S3. The van der Waals surface area contributed by atoms with Crippen molar-refractivity contribution in [3.63, 3.8) is 0 Å². The summed E-state index contributed by atoms with van der Waals surface area (Å²) in [5, 5.41) is 3.86. The normalized spacial score (nSPS) is 15.8. The molecular weight excluding hydrogens is 492 g/mol. The van der Waals surface area contributed by atoms with Crippen LogP contribution in [0.3, 0.4) is 0 Å². The van der Waals surface area contributed by atoms with Gasteiger partial charge >= 0.3 is 22.3 Å². The number of imide groups is 1. The lowest BCUT2D eigenvalue weighted by molar-refractivity contribution is 0.102. The molecule has 0 aliphatic carbocycles. The van der Waals surface area contributed by atoms with Crippen LogP contribution < -0.4 is 15.4 Å². The van der Waals surface area contributed by atoms with Crippen LogP contribution in [-0.2, 0) is 20.2 Å². The van der Waals surface area contributed by atoms with Gasteiger partial charge in [-0.2, -0.15) is 16.8 Å². The molecule has 1 aliphatic heterocycles. The largest absolute Gasteiger partial charge is 0.355 e. The number of urea groups is 2. The molecule has 164 valence electrons. The van der Waals surface area contributed by atoms with E-state index in [1.807, 2.05) is 6.92 Å². The quantitative estimate of drug-likeness (QED) is 0.462. The monoisotopic (exact) mass is 504 g/mol. The number of carbonyl (C=O) groups is 3. The first kappa shape index (κ1) is 22.9. The summed E-state index contributed by atoms with van der Waals surface area (Å²) in [7, 11) is -10.2. The average molecular weight is 505 g/mol. The highest BCUT2D eigenvalue weighted by Gasteiger charge is 2.46. The third-order valence-electron chi connectivity index (χ3n) is 3.93. The Morgan fingerprint density at radius 2 is 1.77 bits per heavy atom. The van der Waals surface area contributed by atoms with Gasteiger partial charge in [0.15, 0.2) is 0 Å². The van der Waals surface area contributed by atoms with E-state index >= 15 is 0 Å². The number of anilines is 1. The summed E-state index contributed by atoms with van der Waals surface area (Å²) >= 11 is 10.0. The summed E-state index contributed by atoms with van der Waals surface area (Å²) in [6.45, 7) is 1.85. The fourth-order valence-corrected chi connectivity index (χ4v) is 6.44. The van der Waals surface area contributed by atoms with Crippen LogP contribution >= 0.6 is 24.2 Å². The zero-order valence-electron chi connectivity index (χ0n) is 15.4. The van der Waals surface area contributed by atoms with Gasteiger partial charge in [0.05, 0.1) is 10.6 Å². The smallest absolute Gasteiger partial charge is 0.322 e. The number of nitrogens with zero attached hydrogens (tertiary/aromatic N) is 1. The molecule has 15 heteroatoms. The van der Waals surface area contributed by atoms with E-state index in [0.717, 1.165) is 17.7 Å². The maximum atomic E-state index is 12.9. The third-order valence-corrected chi connectivity index (χ3v) is 8.48. The van der Waals surface area contributed by atoms with E-state index in [4.69, 9.17) is 11.6 Å². The number of halogens is 1. The molecule has 0 aromatic heterocycles. The summed E-state index contributed by atoms with van der Waals surface area (Å²) in [6.07, 6.45) is 0. The minimum atomic E-state index is -5.12. The van der Waals surface area contributed by atoms with Crippen molar-refractivity contribution < 1.29 is 31.2 Å². The van der Waals surface area contributed by atoms with Gasteiger partial charge < -0.3 is 5.32 Å². The van der Waals surface area contributed by atoms with Gasteiger partial charge in [0.1, 0.15) is 4.90 Å². The number of carbonyl (C=O) groups excluding carboxylic acids is 3. The zero-order valence-corrected chi connectivity index (χ0v) is 18.7. The lowest BCUT2D eigenvalue weighted by Crippen LogP contribution is -2.61. The van der Waals surface area contributed by atoms with Crippen LogP contribution in [0.1, 0.15) is 15.9 Å². The molecule has 0 unspecified atom stereocenters. The first-order valence-electron chi connectivity index (χ1n) is 8.16. The van der Waals surface area contributed by atoms with Crippen LogP contribution in [0.2, 0.25) is 5.02 Å². The van der Waals surface area contributed by atoms with Crippen molar-refractivity contribution in [2.75, 3.05) is 5.32 Å². The highest BCUT2D eigenvalue weighted by molar-refractivity contribution is 8.04. The van der Waals surface area contributed by atoms with Crippen LogP contribution in [-0.4, -0.2) is 38.5 Å². The Labute approximate surface area is 187 Å². The summed E-state index contributed by atoms with van der Waals surface area (Å²) in [5.74, 6) is -0.794. The molecule has 0 bridgehead atoms. The van der Waals surface area contributed by atoms with Crippen molar-refractivity contribution in [1.29, 1.82) is 0 Å². The molecule has 5 amide bonds. The number of rotatable bonds is 4. The summed E-state index contributed by atoms with van der Waals surface area (Å²) < 4.78 is 50.9. The molecule has 0 saturated carbocycles. The van der Waals surface area contributed by atoms with Crippen LogP contribution in [0.15, 0.2) is 46.2 Å². The fraction of sp³-hybridized carbons (Fsp3) is 0.0625. The Kier molecular flexibility index (Phi) is 5.92. The third kappa shape index (κ3) is 4.46. The molecule has 2 aromatic carbocycles. The molecule has 11 nitrogen and oxygen atoms in total. The number of aryl methyl sites for hydroxylation is 1. The summed E-state index contributed by atoms with van der Waals surface area (Å²) in [5.41, 5.74) is 1.01. The number of benzene rings is 2. The van der Waals surface area contributed by atoms with E-state index in [0.29, 0.717) is 5.69 Å². The molecule has 1 aliphatic rings. The molecule has 3 rings (SSSR count).